The lowest BCUT2D eigenvalue weighted by atomic mass is 9.93. The average Bonchev–Trinajstić information content (AvgIpc) is 3.68. The molecule has 0 unspecified atom stereocenters. The van der Waals surface area contributed by atoms with E-state index >= 15 is 0 Å². The van der Waals surface area contributed by atoms with Gasteiger partial charge >= 0.3 is 0 Å². The molecule has 204 valence electrons. The number of carbonyl (C=O) groups excluding carboxylic acids is 1. The lowest BCUT2D eigenvalue weighted by Crippen LogP contribution is -2.27. The highest BCUT2D eigenvalue weighted by atomic mass is 19.1. The number of halogens is 2. The number of para-hydroxylation sites is 1. The lowest BCUT2D eigenvalue weighted by molar-refractivity contribution is 0.102. The van der Waals surface area contributed by atoms with Crippen LogP contribution in [0.15, 0.2) is 53.5 Å². The SMILES string of the molecule is C1CCOC1.CC1(C)CCN(c2c(NC(=O)c3ccc(=O)n(-c4c(F)cccc4F)n3)ccc3[nH]ncc23)C1. The third-order valence-electron chi connectivity index (χ3n) is 6.85. The molecular formula is C28H30F2N6O3. The summed E-state index contributed by atoms with van der Waals surface area (Å²) in [7, 11) is 0. The van der Waals surface area contributed by atoms with Crippen molar-refractivity contribution in [3.63, 3.8) is 0 Å². The summed E-state index contributed by atoms with van der Waals surface area (Å²) in [5, 5.41) is 14.7. The molecule has 2 saturated heterocycles. The molecule has 0 saturated carbocycles. The molecule has 2 fully saturated rings. The molecule has 39 heavy (non-hydrogen) atoms. The Kier molecular flexibility index (Phi) is 7.42. The van der Waals surface area contributed by atoms with Crippen LogP contribution in [-0.4, -0.2) is 52.2 Å². The van der Waals surface area contributed by atoms with Crippen LogP contribution in [0.4, 0.5) is 20.2 Å². The number of hydrogen-bond acceptors (Lipinski definition) is 6. The molecule has 0 spiro atoms. The van der Waals surface area contributed by atoms with Crippen molar-refractivity contribution in [2.75, 3.05) is 36.5 Å². The molecule has 11 heteroatoms. The zero-order valence-electron chi connectivity index (χ0n) is 21.8. The maximum atomic E-state index is 14.2. The normalized spacial score (nSPS) is 16.3. The van der Waals surface area contributed by atoms with Gasteiger partial charge in [-0.25, -0.2) is 8.78 Å². The van der Waals surface area contributed by atoms with Gasteiger partial charge in [0, 0.05) is 37.8 Å². The van der Waals surface area contributed by atoms with Crippen LogP contribution < -0.4 is 15.8 Å². The first kappa shape index (κ1) is 26.5. The van der Waals surface area contributed by atoms with Crippen LogP contribution in [0.3, 0.4) is 0 Å². The number of amides is 1. The molecule has 2 N–H and O–H groups in total. The summed E-state index contributed by atoms with van der Waals surface area (Å²) in [6.07, 6.45) is 5.26. The molecule has 2 aliphatic rings. The minimum Gasteiger partial charge on any atom is -0.381 e. The van der Waals surface area contributed by atoms with Gasteiger partial charge in [-0.1, -0.05) is 19.9 Å². The number of aromatic nitrogens is 4. The second kappa shape index (κ2) is 10.9. The number of carbonyl (C=O) groups is 1. The molecule has 2 aromatic heterocycles. The first-order valence-corrected chi connectivity index (χ1v) is 12.9. The monoisotopic (exact) mass is 536 g/mol. The van der Waals surface area contributed by atoms with Gasteiger partial charge in [0.1, 0.15) is 11.4 Å². The van der Waals surface area contributed by atoms with Crippen molar-refractivity contribution in [3.8, 4) is 5.69 Å². The number of anilines is 2. The summed E-state index contributed by atoms with van der Waals surface area (Å²) in [5.41, 5.74) is 0.768. The van der Waals surface area contributed by atoms with E-state index in [1.165, 1.54) is 25.0 Å². The number of hydrogen-bond donors (Lipinski definition) is 2. The second-order valence-corrected chi connectivity index (χ2v) is 10.4. The number of H-pyrrole nitrogens is 1. The molecule has 0 bridgehead atoms. The Morgan fingerprint density at radius 3 is 2.44 bits per heavy atom. The van der Waals surface area contributed by atoms with Crippen LogP contribution in [0, 0.1) is 17.0 Å². The Morgan fingerprint density at radius 1 is 1.05 bits per heavy atom. The van der Waals surface area contributed by atoms with Crippen molar-refractivity contribution in [3.05, 3.63) is 76.3 Å². The molecule has 0 atom stereocenters. The number of fused-ring (bicyclic) bond motifs is 1. The summed E-state index contributed by atoms with van der Waals surface area (Å²) in [4.78, 5) is 27.6. The summed E-state index contributed by atoms with van der Waals surface area (Å²) < 4.78 is 34.0. The third kappa shape index (κ3) is 5.68. The Bertz CT molecular complexity index is 1530. The predicted molar refractivity (Wildman–Crippen MR) is 144 cm³/mol. The quantitative estimate of drug-likeness (QED) is 0.393. The summed E-state index contributed by atoms with van der Waals surface area (Å²) >= 11 is 0. The maximum Gasteiger partial charge on any atom is 0.276 e. The van der Waals surface area contributed by atoms with Crippen LogP contribution in [0.1, 0.15) is 43.6 Å². The maximum absolute atomic E-state index is 14.2. The van der Waals surface area contributed by atoms with E-state index in [1.807, 2.05) is 6.07 Å². The minimum atomic E-state index is -0.962. The molecular weight excluding hydrogens is 506 g/mol. The Morgan fingerprint density at radius 2 is 1.79 bits per heavy atom. The van der Waals surface area contributed by atoms with E-state index < -0.39 is 28.8 Å². The standard InChI is InChI=1S/C24H22F2N6O2.C4H8O/c1-24(2)10-11-31(13-24)21-14-12-27-29-17(14)6-7-18(21)28-23(34)19-8-9-20(33)32(30-19)22-15(25)4-3-5-16(22)26;1-2-4-5-3-1/h3-9,12H,10-11,13H2,1-2H3,(H,27,29)(H,28,34);1-4H2. The van der Waals surface area contributed by atoms with Crippen molar-refractivity contribution >= 4 is 28.2 Å². The van der Waals surface area contributed by atoms with Crippen molar-refractivity contribution in [2.45, 2.75) is 33.1 Å². The van der Waals surface area contributed by atoms with Crippen molar-refractivity contribution in [1.29, 1.82) is 0 Å². The fourth-order valence-corrected chi connectivity index (χ4v) is 4.83. The van der Waals surface area contributed by atoms with Gasteiger partial charge in [-0.3, -0.25) is 14.7 Å². The van der Waals surface area contributed by atoms with Crippen LogP contribution >= 0.6 is 0 Å². The van der Waals surface area contributed by atoms with Crippen molar-refractivity contribution < 1.29 is 18.3 Å². The van der Waals surface area contributed by atoms with Crippen LogP contribution in [0.2, 0.25) is 0 Å². The van der Waals surface area contributed by atoms with Gasteiger partial charge in [0.05, 0.1) is 23.1 Å². The Hall–Kier alpha value is -4.12. The molecule has 0 radical (unpaired) electrons. The topological polar surface area (TPSA) is 105 Å². The number of ether oxygens (including phenoxy) is 1. The van der Waals surface area contributed by atoms with E-state index in [4.69, 9.17) is 4.74 Å². The van der Waals surface area contributed by atoms with Gasteiger partial charge in [0.25, 0.3) is 11.5 Å². The summed E-state index contributed by atoms with van der Waals surface area (Å²) in [6, 6.07) is 9.08. The summed E-state index contributed by atoms with van der Waals surface area (Å²) in [6.45, 7) is 8.00. The van der Waals surface area contributed by atoms with Gasteiger partial charge in [-0.05, 0) is 55.0 Å². The third-order valence-corrected chi connectivity index (χ3v) is 6.85. The van der Waals surface area contributed by atoms with E-state index in [0.717, 1.165) is 67.5 Å². The fourth-order valence-electron chi connectivity index (χ4n) is 4.83. The molecule has 1 amide bonds. The predicted octanol–water partition coefficient (Wildman–Crippen LogP) is 4.67. The smallest absolute Gasteiger partial charge is 0.276 e. The highest BCUT2D eigenvalue weighted by Crippen LogP contribution is 2.40. The van der Waals surface area contributed by atoms with Crippen molar-refractivity contribution in [1.82, 2.24) is 20.0 Å². The highest BCUT2D eigenvalue weighted by molar-refractivity contribution is 6.08. The highest BCUT2D eigenvalue weighted by Gasteiger charge is 2.32. The van der Waals surface area contributed by atoms with Gasteiger partial charge in [0.15, 0.2) is 11.6 Å². The van der Waals surface area contributed by atoms with Crippen LogP contribution in [-0.2, 0) is 4.74 Å². The van der Waals surface area contributed by atoms with Crippen LogP contribution in [0.5, 0.6) is 0 Å². The first-order valence-electron chi connectivity index (χ1n) is 12.9. The number of nitrogens with zero attached hydrogens (tertiary/aromatic N) is 4. The van der Waals surface area contributed by atoms with Gasteiger partial charge in [-0.2, -0.15) is 14.9 Å². The van der Waals surface area contributed by atoms with Crippen LogP contribution in [0.25, 0.3) is 16.6 Å². The molecule has 6 rings (SSSR count). The fraction of sp³-hybridized carbons (Fsp3) is 0.357. The number of benzene rings is 2. The Balaban J connectivity index is 0.000000555. The largest absolute Gasteiger partial charge is 0.381 e. The van der Waals surface area contributed by atoms with E-state index in [9.17, 15) is 18.4 Å². The zero-order chi connectivity index (χ0) is 27.6. The summed E-state index contributed by atoms with van der Waals surface area (Å²) in [5.74, 6) is -2.54. The second-order valence-electron chi connectivity index (χ2n) is 10.4. The first-order chi connectivity index (χ1) is 18.7. The number of nitrogens with one attached hydrogen (secondary N) is 2. The molecule has 2 aliphatic heterocycles. The van der Waals surface area contributed by atoms with Gasteiger partial charge in [-0.15, -0.1) is 0 Å². The van der Waals surface area contributed by atoms with Gasteiger partial charge in [0.2, 0.25) is 0 Å². The number of aromatic amines is 1. The molecule has 0 aliphatic carbocycles. The molecule has 2 aromatic carbocycles. The van der Waals surface area contributed by atoms with E-state index in [0.29, 0.717) is 10.4 Å². The van der Waals surface area contributed by atoms with E-state index in [-0.39, 0.29) is 11.1 Å². The number of rotatable bonds is 4. The van der Waals surface area contributed by atoms with Crippen molar-refractivity contribution in [2.24, 2.45) is 5.41 Å². The zero-order valence-corrected chi connectivity index (χ0v) is 21.8. The van der Waals surface area contributed by atoms with E-state index in [1.54, 1.807) is 12.3 Å². The van der Waals surface area contributed by atoms with Gasteiger partial charge < -0.3 is 15.0 Å². The Labute approximate surface area is 223 Å². The average molecular weight is 537 g/mol. The molecule has 4 heterocycles. The molecule has 4 aromatic rings. The van der Waals surface area contributed by atoms with E-state index in [2.05, 4.69) is 39.4 Å². The minimum absolute atomic E-state index is 0.119. The lowest BCUT2D eigenvalue weighted by Gasteiger charge is -2.25. The molecule has 9 nitrogen and oxygen atoms in total.